The van der Waals surface area contributed by atoms with Crippen LogP contribution >= 0.6 is 10.1 Å². The summed E-state index contributed by atoms with van der Waals surface area (Å²) in [6.07, 6.45) is 0. The molecule has 0 atom stereocenters. The summed E-state index contributed by atoms with van der Waals surface area (Å²) < 4.78 is 3.94. The van der Waals surface area contributed by atoms with Crippen molar-refractivity contribution in [1.29, 1.82) is 0 Å². The molecule has 0 N–H and O–H groups in total. The second-order valence-electron chi connectivity index (χ2n) is 4.84. The van der Waals surface area contributed by atoms with Gasteiger partial charge in [0.15, 0.2) is 0 Å². The molecule has 98 valence electrons. The minimum absolute atomic E-state index is 1.28. The zero-order valence-electron chi connectivity index (χ0n) is 10.8. The molecule has 3 aromatic carbocycles. The number of halogens is 1. The molecule has 0 saturated heterocycles. The van der Waals surface area contributed by atoms with Crippen molar-refractivity contribution in [3.8, 4) is 11.1 Å². The summed E-state index contributed by atoms with van der Waals surface area (Å²) in [6, 6.07) is 27.7. The van der Waals surface area contributed by atoms with Gasteiger partial charge in [0.05, 0.1) is 0 Å². The van der Waals surface area contributed by atoms with Gasteiger partial charge in [-0.3, -0.25) is 0 Å². The molecular formula is C18H13ClSe. The monoisotopic (exact) mass is 344 g/mol. The number of hydrogen-bond acceptors (Lipinski definition) is 0. The fraction of sp³-hybridized carbons (Fsp3) is 0. The Labute approximate surface area is 125 Å². The second kappa shape index (κ2) is 4.49. The van der Waals surface area contributed by atoms with Crippen LogP contribution in [0.5, 0.6) is 0 Å². The molecule has 0 saturated carbocycles. The Morgan fingerprint density at radius 2 is 1.00 bits per heavy atom. The van der Waals surface area contributed by atoms with Gasteiger partial charge in [-0.25, -0.2) is 0 Å². The first-order valence-corrected chi connectivity index (χ1v) is 11.4. The Hall–Kier alpha value is -1.53. The van der Waals surface area contributed by atoms with Crippen LogP contribution in [-0.4, -0.2) is 11.9 Å². The maximum absolute atomic E-state index is 7.31. The van der Waals surface area contributed by atoms with Crippen LogP contribution in [0, 0.1) is 0 Å². The predicted octanol–water partition coefficient (Wildman–Crippen LogP) is 2.87. The molecule has 0 nitrogen and oxygen atoms in total. The Morgan fingerprint density at radius 3 is 1.55 bits per heavy atom. The molecule has 0 aromatic heterocycles. The zero-order valence-corrected chi connectivity index (χ0v) is 13.3. The molecule has 3 aromatic rings. The second-order valence-corrected chi connectivity index (χ2v) is 12.3. The van der Waals surface area contributed by atoms with E-state index in [0.717, 1.165) is 0 Å². The third kappa shape index (κ3) is 1.55. The normalized spacial score (nSPS) is 16.2. The first-order chi connectivity index (χ1) is 9.82. The van der Waals surface area contributed by atoms with E-state index in [1.165, 1.54) is 24.5 Å². The quantitative estimate of drug-likeness (QED) is 0.596. The summed E-state index contributed by atoms with van der Waals surface area (Å²) in [4.78, 5) is 0. The van der Waals surface area contributed by atoms with Crippen LogP contribution in [0.15, 0.2) is 78.9 Å². The fourth-order valence-electron chi connectivity index (χ4n) is 2.85. The summed E-state index contributed by atoms with van der Waals surface area (Å²) in [7, 11) is 7.31. The molecule has 1 heterocycles. The molecule has 20 heavy (non-hydrogen) atoms. The van der Waals surface area contributed by atoms with Gasteiger partial charge in [0.2, 0.25) is 0 Å². The van der Waals surface area contributed by atoms with Gasteiger partial charge in [0.25, 0.3) is 0 Å². The average molecular weight is 344 g/mol. The summed E-state index contributed by atoms with van der Waals surface area (Å²) in [5, 5.41) is 0. The Morgan fingerprint density at radius 1 is 0.550 bits per heavy atom. The standard InChI is InChI=1S/C18H13ClSe/c19-20(14-8-2-1-3-9-14)17-12-6-4-10-15(17)16-11-5-7-13-18(16)20/h1-13H. The third-order valence-corrected chi connectivity index (χ3v) is 12.4. The molecule has 0 fully saturated rings. The van der Waals surface area contributed by atoms with Gasteiger partial charge in [-0.2, -0.15) is 0 Å². The van der Waals surface area contributed by atoms with E-state index in [1.807, 2.05) is 6.07 Å². The van der Waals surface area contributed by atoms with Crippen molar-refractivity contribution in [2.45, 2.75) is 0 Å². The van der Waals surface area contributed by atoms with Gasteiger partial charge in [0, 0.05) is 0 Å². The van der Waals surface area contributed by atoms with Crippen LogP contribution < -0.4 is 13.4 Å². The van der Waals surface area contributed by atoms with Crippen LogP contribution in [0.4, 0.5) is 0 Å². The Kier molecular flexibility index (Phi) is 2.75. The van der Waals surface area contributed by atoms with Gasteiger partial charge in [-0.05, 0) is 0 Å². The number of hydrogen-bond donors (Lipinski definition) is 0. The molecule has 4 rings (SSSR count). The molecular weight excluding hydrogens is 331 g/mol. The van der Waals surface area contributed by atoms with Crippen LogP contribution in [0.2, 0.25) is 0 Å². The molecule has 0 spiro atoms. The minimum atomic E-state index is -2.55. The van der Waals surface area contributed by atoms with Crippen LogP contribution in [0.25, 0.3) is 11.1 Å². The molecule has 0 aliphatic carbocycles. The van der Waals surface area contributed by atoms with Crippen molar-refractivity contribution < 1.29 is 0 Å². The summed E-state index contributed by atoms with van der Waals surface area (Å²) in [5.41, 5.74) is 2.61. The van der Waals surface area contributed by atoms with Gasteiger partial charge in [0.1, 0.15) is 0 Å². The van der Waals surface area contributed by atoms with Crippen LogP contribution in [0.1, 0.15) is 0 Å². The van der Waals surface area contributed by atoms with E-state index >= 15 is 0 Å². The maximum atomic E-state index is 7.31. The Balaban J connectivity index is 2.10. The van der Waals surface area contributed by atoms with E-state index in [1.54, 1.807) is 0 Å². The Bertz CT molecular complexity index is 735. The third-order valence-electron chi connectivity index (χ3n) is 3.74. The molecule has 0 bridgehead atoms. The van der Waals surface area contributed by atoms with Gasteiger partial charge in [-0.15, -0.1) is 0 Å². The SMILES string of the molecule is Cl[Se]1(c2ccccc2)c2ccccc2-c2ccccc21. The van der Waals surface area contributed by atoms with E-state index in [-0.39, 0.29) is 0 Å². The van der Waals surface area contributed by atoms with E-state index < -0.39 is 11.9 Å². The number of benzene rings is 3. The van der Waals surface area contributed by atoms with E-state index in [2.05, 4.69) is 72.8 Å². The summed E-state index contributed by atoms with van der Waals surface area (Å²) in [5.74, 6) is 0. The molecule has 1 aliphatic rings. The van der Waals surface area contributed by atoms with Crippen molar-refractivity contribution >= 4 is 35.4 Å². The van der Waals surface area contributed by atoms with Crippen molar-refractivity contribution in [3.05, 3.63) is 78.9 Å². The topological polar surface area (TPSA) is 0 Å². The molecule has 1 aliphatic heterocycles. The zero-order chi connectivity index (χ0) is 13.6. The van der Waals surface area contributed by atoms with Crippen molar-refractivity contribution in [3.63, 3.8) is 0 Å². The summed E-state index contributed by atoms with van der Waals surface area (Å²) in [6.45, 7) is 0. The predicted molar refractivity (Wildman–Crippen MR) is 88.8 cm³/mol. The number of fused-ring (bicyclic) bond motifs is 3. The molecule has 0 unspecified atom stereocenters. The van der Waals surface area contributed by atoms with Crippen molar-refractivity contribution in [2.75, 3.05) is 0 Å². The van der Waals surface area contributed by atoms with Crippen molar-refractivity contribution in [2.24, 2.45) is 0 Å². The van der Waals surface area contributed by atoms with E-state index in [4.69, 9.17) is 10.1 Å². The molecule has 0 amide bonds. The number of rotatable bonds is 1. The average Bonchev–Trinajstić information content (AvgIpc) is 2.80. The summed E-state index contributed by atoms with van der Waals surface area (Å²) >= 11 is -2.55. The van der Waals surface area contributed by atoms with Gasteiger partial charge >= 0.3 is 125 Å². The van der Waals surface area contributed by atoms with Crippen LogP contribution in [0.3, 0.4) is 0 Å². The molecule has 0 radical (unpaired) electrons. The van der Waals surface area contributed by atoms with Gasteiger partial charge in [-0.1, -0.05) is 0 Å². The first-order valence-electron chi connectivity index (χ1n) is 6.58. The fourth-order valence-corrected chi connectivity index (χ4v) is 10.6. The van der Waals surface area contributed by atoms with E-state index in [0.29, 0.717) is 0 Å². The van der Waals surface area contributed by atoms with Crippen LogP contribution in [-0.2, 0) is 0 Å². The van der Waals surface area contributed by atoms with Gasteiger partial charge < -0.3 is 0 Å². The molecule has 2 heteroatoms. The van der Waals surface area contributed by atoms with E-state index in [9.17, 15) is 0 Å². The first kappa shape index (κ1) is 12.2. The van der Waals surface area contributed by atoms with Crippen molar-refractivity contribution in [1.82, 2.24) is 0 Å².